The van der Waals surface area contributed by atoms with Gasteiger partial charge in [-0.2, -0.15) is 0 Å². The van der Waals surface area contributed by atoms with Crippen LogP contribution >= 0.6 is 59.6 Å². The van der Waals surface area contributed by atoms with E-state index in [1.165, 1.54) is 13.1 Å². The van der Waals surface area contributed by atoms with Crippen LogP contribution in [0.15, 0.2) is 15.4 Å². The van der Waals surface area contributed by atoms with Gasteiger partial charge in [0.05, 0.1) is 6.42 Å². The zero-order valence-electron chi connectivity index (χ0n) is 10.1. The van der Waals surface area contributed by atoms with Crippen molar-refractivity contribution in [1.29, 1.82) is 0 Å². The van der Waals surface area contributed by atoms with E-state index < -0.39 is 19.3 Å². The summed E-state index contributed by atoms with van der Waals surface area (Å²) in [5, 5.41) is 0. The minimum atomic E-state index is -3.69. The zero-order chi connectivity index (χ0) is 16.0. The van der Waals surface area contributed by atoms with Gasteiger partial charge in [0.25, 0.3) is 10.0 Å². The molecule has 20 heavy (non-hydrogen) atoms. The molecule has 0 saturated carbocycles. The predicted octanol–water partition coefficient (Wildman–Crippen LogP) is 4.60. The molecule has 0 bridgehead atoms. The van der Waals surface area contributed by atoms with Gasteiger partial charge in [-0.1, -0.05) is 0 Å². The molecule has 0 atom stereocenters. The molecule has 0 aromatic carbocycles. The zero-order valence-corrected chi connectivity index (χ0v) is 15.6. The molecule has 0 unspecified atom stereocenters. The topological polar surface area (TPSA) is 67.6 Å². The summed E-state index contributed by atoms with van der Waals surface area (Å²) in [6, 6.07) is 1.44. The van der Waals surface area contributed by atoms with E-state index in [1.54, 1.807) is 6.92 Å². The van der Waals surface area contributed by atoms with Crippen molar-refractivity contribution in [3.05, 3.63) is 17.6 Å². The molecule has 2 rings (SSSR count). The molecule has 1 amide bonds. The van der Waals surface area contributed by atoms with Crippen molar-refractivity contribution in [3.8, 4) is 0 Å². The molecule has 2 heterocycles. The van der Waals surface area contributed by atoms with E-state index in [9.17, 15) is 13.2 Å². The van der Waals surface area contributed by atoms with Gasteiger partial charge in [0.2, 0.25) is 5.91 Å². The molecule has 12 heteroatoms. The van der Waals surface area contributed by atoms with E-state index >= 15 is 0 Å². The average Bonchev–Trinajstić information content (AvgIpc) is 2.53. The molecule has 116 valence electrons. The molecular weight excluding hydrogens is 414 g/mol. The molecule has 0 aliphatic carbocycles. The first-order valence-electron chi connectivity index (χ1n) is 4.88. The third kappa shape index (κ3) is 5.41. The van der Waals surface area contributed by atoms with Crippen molar-refractivity contribution in [2.45, 2.75) is 18.2 Å². The van der Waals surface area contributed by atoms with Gasteiger partial charge in [-0.25, -0.2) is 12.7 Å². The van der Waals surface area contributed by atoms with Crippen molar-refractivity contribution in [1.82, 2.24) is 4.31 Å². The fourth-order valence-electron chi connectivity index (χ4n) is 1.41. The quantitative estimate of drug-likeness (QED) is 0.572. The Bertz CT molecular complexity index is 631. The number of furan rings is 1. The molecule has 1 aromatic rings. The summed E-state index contributed by atoms with van der Waals surface area (Å²) in [4.78, 5) is 11.4. The average molecular weight is 423 g/mol. The van der Waals surface area contributed by atoms with Crippen LogP contribution in [0.4, 0.5) is 0 Å². The molecular formula is C8H9Cl5NO4PS. The van der Waals surface area contributed by atoms with E-state index in [4.69, 9.17) is 60.6 Å². The van der Waals surface area contributed by atoms with Crippen LogP contribution in [-0.2, 0) is 21.2 Å². The van der Waals surface area contributed by atoms with E-state index in [1.807, 2.05) is 0 Å². The summed E-state index contributed by atoms with van der Waals surface area (Å²) in [6.45, 7) is 1.65. The predicted molar refractivity (Wildman–Crippen MR) is 83.3 cm³/mol. The van der Waals surface area contributed by atoms with Crippen LogP contribution in [0, 0.1) is 6.92 Å². The number of halogens is 5. The minimum absolute atomic E-state index is 0.0128. The van der Waals surface area contributed by atoms with E-state index in [-0.39, 0.29) is 17.1 Å². The Morgan fingerprint density at radius 1 is 1.25 bits per heavy atom. The summed E-state index contributed by atoms with van der Waals surface area (Å²) in [5.74, 6) is 0.277. The monoisotopic (exact) mass is 421 g/mol. The number of nitrogens with zero attached hydrogens (tertiary/aromatic N) is 1. The number of carbonyl (C=O) groups is 1. The number of carbonyl (C=O) groups excluding carboxylic acids is 1. The van der Waals surface area contributed by atoms with Crippen LogP contribution < -0.4 is 0 Å². The Morgan fingerprint density at radius 3 is 2.15 bits per heavy atom. The Labute approximate surface area is 140 Å². The standard InChI is InChI=1S/C8H9NO4S.Cl5P/c1-5-3-7-6(13-5)4-8(10)9(2)14(7,11)12;1-6(2,3,4)5/h3H,4H2,1-2H3;. The molecule has 0 N–H and O–H groups in total. The second-order valence-corrected chi connectivity index (χ2v) is 22.4. The molecule has 0 saturated heterocycles. The number of likely N-dealkylation sites (N-methyl/N-ethyl adjacent to an activating group) is 1. The Balaban J connectivity index is 0.000000286. The Kier molecular flexibility index (Phi) is 5.27. The summed E-state index contributed by atoms with van der Waals surface area (Å²) in [5.41, 5.74) is 0. The van der Waals surface area contributed by atoms with Gasteiger partial charge >= 0.3 is 59.6 Å². The number of sulfonamides is 1. The number of amides is 1. The maximum absolute atomic E-state index is 11.7. The van der Waals surface area contributed by atoms with Crippen molar-refractivity contribution >= 4 is 75.5 Å². The molecule has 1 aliphatic rings. The molecule has 0 radical (unpaired) electrons. The van der Waals surface area contributed by atoms with Gasteiger partial charge in [-0.15, -0.1) is 0 Å². The van der Waals surface area contributed by atoms with Crippen LogP contribution in [0.25, 0.3) is 0 Å². The number of aryl methyl sites for hydroxylation is 1. The van der Waals surface area contributed by atoms with Gasteiger partial charge in [0, 0.05) is 13.1 Å². The number of hydrogen-bond acceptors (Lipinski definition) is 4. The van der Waals surface area contributed by atoms with E-state index in [2.05, 4.69) is 0 Å². The second kappa shape index (κ2) is 5.65. The van der Waals surface area contributed by atoms with Crippen LogP contribution in [-0.4, -0.2) is 25.7 Å². The first-order chi connectivity index (χ1) is 8.66. The van der Waals surface area contributed by atoms with Crippen molar-refractivity contribution < 1.29 is 17.6 Å². The third-order valence-corrected chi connectivity index (χ3v) is 4.02. The first kappa shape index (κ1) is 18.6. The van der Waals surface area contributed by atoms with Crippen LogP contribution in [0.1, 0.15) is 11.5 Å². The van der Waals surface area contributed by atoms with Crippen LogP contribution in [0.2, 0.25) is 0 Å². The molecule has 0 spiro atoms. The third-order valence-electron chi connectivity index (χ3n) is 2.19. The summed E-state index contributed by atoms with van der Waals surface area (Å²) in [6.07, 6.45) is 0.0128. The van der Waals surface area contributed by atoms with Gasteiger partial charge in [0.1, 0.15) is 16.4 Å². The Hall–Kier alpha value is 0.580. The van der Waals surface area contributed by atoms with Gasteiger partial charge in [-0.3, -0.25) is 4.79 Å². The van der Waals surface area contributed by atoms with Crippen molar-refractivity contribution in [2.75, 3.05) is 7.05 Å². The maximum atomic E-state index is 11.7. The van der Waals surface area contributed by atoms with Crippen LogP contribution in [0.3, 0.4) is 0 Å². The molecule has 1 aliphatic heterocycles. The van der Waals surface area contributed by atoms with E-state index in [0.29, 0.717) is 5.76 Å². The van der Waals surface area contributed by atoms with Crippen LogP contribution in [0.5, 0.6) is 0 Å². The van der Waals surface area contributed by atoms with Crippen molar-refractivity contribution in [2.24, 2.45) is 0 Å². The first-order valence-corrected chi connectivity index (χ1v) is 13.1. The second-order valence-electron chi connectivity index (χ2n) is 3.83. The number of hydrogen-bond donors (Lipinski definition) is 0. The fourth-order valence-corrected chi connectivity index (χ4v) is 2.76. The summed E-state index contributed by atoms with van der Waals surface area (Å²) >= 11 is 24.9. The summed E-state index contributed by atoms with van der Waals surface area (Å²) < 4.78 is 25.5. The SMILES string of the molecule is Cc1cc2c(o1)CC(=O)N(C)S2(=O)=O.ClP(Cl)(Cl)(Cl)Cl. The Morgan fingerprint density at radius 2 is 1.70 bits per heavy atom. The van der Waals surface area contributed by atoms with Gasteiger partial charge < -0.3 is 4.42 Å². The van der Waals surface area contributed by atoms with Gasteiger partial charge in [0.15, 0.2) is 0 Å². The molecule has 1 aromatic heterocycles. The fraction of sp³-hybridized carbons (Fsp3) is 0.375. The van der Waals surface area contributed by atoms with Crippen molar-refractivity contribution in [3.63, 3.8) is 0 Å². The normalized spacial score (nSPS) is 19.4. The van der Waals surface area contributed by atoms with E-state index in [0.717, 1.165) is 4.31 Å². The molecule has 0 fully saturated rings. The number of rotatable bonds is 0. The molecule has 5 nitrogen and oxygen atoms in total. The van der Waals surface area contributed by atoms with Gasteiger partial charge in [-0.05, 0) is 6.92 Å². The number of fused-ring (bicyclic) bond motifs is 1. The summed E-state index contributed by atoms with van der Waals surface area (Å²) in [7, 11) is -2.41.